The molecule has 0 radical (unpaired) electrons. The molecule has 0 aliphatic heterocycles. The van der Waals surface area contributed by atoms with Crippen LogP contribution in [-0.4, -0.2) is 31.0 Å². The number of aliphatic hydroxyl groups is 1. The summed E-state index contributed by atoms with van der Waals surface area (Å²) in [6.07, 6.45) is 1.34. The molecule has 1 rings (SSSR count). The molecule has 4 nitrogen and oxygen atoms in total. The van der Waals surface area contributed by atoms with Crippen LogP contribution < -0.4 is 14.8 Å². The van der Waals surface area contributed by atoms with Crippen molar-refractivity contribution in [3.8, 4) is 11.5 Å². The van der Waals surface area contributed by atoms with E-state index in [0.717, 1.165) is 5.56 Å². The van der Waals surface area contributed by atoms with Gasteiger partial charge in [0.2, 0.25) is 0 Å². The van der Waals surface area contributed by atoms with E-state index in [0.29, 0.717) is 25.9 Å². The molecule has 0 heterocycles. The summed E-state index contributed by atoms with van der Waals surface area (Å²) in [6, 6.07) is 4.78. The van der Waals surface area contributed by atoms with Gasteiger partial charge < -0.3 is 19.9 Å². The van der Waals surface area contributed by atoms with Crippen LogP contribution in [0.4, 0.5) is 8.78 Å². The summed E-state index contributed by atoms with van der Waals surface area (Å²) >= 11 is 0. The Hall–Kier alpha value is -1.40. The van der Waals surface area contributed by atoms with E-state index >= 15 is 0 Å². The first-order chi connectivity index (χ1) is 9.94. The maximum absolute atomic E-state index is 12.2. The molecule has 0 atom stereocenters. The van der Waals surface area contributed by atoms with Gasteiger partial charge in [0.1, 0.15) is 0 Å². The van der Waals surface area contributed by atoms with Gasteiger partial charge in [-0.1, -0.05) is 19.9 Å². The average Bonchev–Trinajstić information content (AvgIpc) is 2.47. The molecule has 6 heteroatoms. The minimum atomic E-state index is -2.88. The summed E-state index contributed by atoms with van der Waals surface area (Å²) < 4.78 is 33.9. The van der Waals surface area contributed by atoms with Crippen LogP contribution in [-0.2, 0) is 6.54 Å². The summed E-state index contributed by atoms with van der Waals surface area (Å²) in [6.45, 7) is 1.97. The van der Waals surface area contributed by atoms with Gasteiger partial charge in [0.25, 0.3) is 0 Å². The number of hydrogen-bond donors (Lipinski definition) is 2. The molecule has 0 fully saturated rings. The van der Waals surface area contributed by atoms with Crippen molar-refractivity contribution in [2.24, 2.45) is 0 Å². The van der Waals surface area contributed by atoms with Gasteiger partial charge in [0.15, 0.2) is 11.5 Å². The monoisotopic (exact) mass is 303 g/mol. The molecule has 0 amide bonds. The molecule has 0 saturated heterocycles. The fourth-order valence-corrected chi connectivity index (χ4v) is 1.95. The number of benzene rings is 1. The number of nitrogens with one attached hydrogen (secondary N) is 1. The van der Waals surface area contributed by atoms with Crippen LogP contribution in [0.2, 0.25) is 0 Å². The zero-order valence-electron chi connectivity index (χ0n) is 12.7. The van der Waals surface area contributed by atoms with Gasteiger partial charge in [-0.2, -0.15) is 8.78 Å². The fourth-order valence-electron chi connectivity index (χ4n) is 1.95. The largest absolute Gasteiger partial charge is 0.493 e. The second kappa shape index (κ2) is 8.14. The number of ether oxygens (including phenoxy) is 2. The first-order valence-electron chi connectivity index (χ1n) is 6.99. The van der Waals surface area contributed by atoms with Crippen LogP contribution >= 0.6 is 0 Å². The Morgan fingerprint density at radius 1 is 1.24 bits per heavy atom. The molecule has 0 aliphatic rings. The highest BCUT2D eigenvalue weighted by atomic mass is 19.3. The molecule has 0 saturated carbocycles. The van der Waals surface area contributed by atoms with E-state index in [4.69, 9.17) is 4.74 Å². The van der Waals surface area contributed by atoms with Gasteiger partial charge >= 0.3 is 6.61 Å². The Balaban J connectivity index is 2.64. The number of alkyl halides is 2. The predicted octanol–water partition coefficient (Wildman–Crippen LogP) is 2.94. The quantitative estimate of drug-likeness (QED) is 0.736. The minimum Gasteiger partial charge on any atom is -0.493 e. The molecule has 0 unspecified atom stereocenters. The van der Waals surface area contributed by atoms with Gasteiger partial charge in [0, 0.05) is 13.1 Å². The van der Waals surface area contributed by atoms with Crippen molar-refractivity contribution in [3.63, 3.8) is 0 Å². The van der Waals surface area contributed by atoms with Crippen LogP contribution in [0.3, 0.4) is 0 Å². The van der Waals surface area contributed by atoms with Crippen molar-refractivity contribution in [1.29, 1.82) is 0 Å². The molecule has 0 bridgehead atoms. The van der Waals surface area contributed by atoms with Gasteiger partial charge in [-0.3, -0.25) is 0 Å². The van der Waals surface area contributed by atoms with Crippen molar-refractivity contribution in [3.05, 3.63) is 23.8 Å². The Morgan fingerprint density at radius 3 is 2.43 bits per heavy atom. The lowest BCUT2D eigenvalue weighted by Crippen LogP contribution is -2.39. The van der Waals surface area contributed by atoms with Crippen molar-refractivity contribution in [1.82, 2.24) is 5.32 Å². The fraction of sp³-hybridized carbons (Fsp3) is 0.600. The zero-order valence-corrected chi connectivity index (χ0v) is 12.7. The van der Waals surface area contributed by atoms with E-state index in [-0.39, 0.29) is 11.5 Å². The Labute approximate surface area is 124 Å². The zero-order chi connectivity index (χ0) is 15.9. The Morgan fingerprint density at radius 2 is 1.90 bits per heavy atom. The summed E-state index contributed by atoms with van der Waals surface area (Å²) in [4.78, 5) is 0. The molecule has 1 aromatic rings. The number of methoxy groups -OCH3 is 1. The SMILES string of the molecule is CCC(O)(CC)CNCc1ccc(OC(F)F)c(OC)c1. The normalized spacial score (nSPS) is 11.8. The van der Waals surface area contributed by atoms with Gasteiger partial charge in [-0.05, 0) is 30.5 Å². The molecule has 21 heavy (non-hydrogen) atoms. The van der Waals surface area contributed by atoms with Crippen LogP contribution in [0.25, 0.3) is 0 Å². The van der Waals surface area contributed by atoms with Crippen molar-refractivity contribution in [2.45, 2.75) is 45.4 Å². The van der Waals surface area contributed by atoms with E-state index in [1.807, 2.05) is 13.8 Å². The first-order valence-corrected chi connectivity index (χ1v) is 6.99. The van der Waals surface area contributed by atoms with Crippen LogP contribution in [0.5, 0.6) is 11.5 Å². The summed E-state index contributed by atoms with van der Waals surface area (Å²) in [7, 11) is 1.40. The third-order valence-electron chi connectivity index (χ3n) is 3.54. The summed E-state index contributed by atoms with van der Waals surface area (Å²) in [5.41, 5.74) is 0.144. The molecule has 2 N–H and O–H groups in total. The summed E-state index contributed by atoms with van der Waals surface area (Å²) in [5, 5.41) is 13.3. The Kier molecular flexibility index (Phi) is 6.84. The molecule has 0 aliphatic carbocycles. The first kappa shape index (κ1) is 17.7. The highest BCUT2D eigenvalue weighted by Gasteiger charge is 2.21. The van der Waals surface area contributed by atoms with E-state index in [1.54, 1.807) is 12.1 Å². The molecule has 1 aromatic carbocycles. The van der Waals surface area contributed by atoms with Crippen molar-refractivity contribution in [2.75, 3.05) is 13.7 Å². The van der Waals surface area contributed by atoms with Crippen LogP contribution in [0, 0.1) is 0 Å². The highest BCUT2D eigenvalue weighted by Crippen LogP contribution is 2.29. The second-order valence-electron chi connectivity index (χ2n) is 4.90. The Bertz CT molecular complexity index is 437. The lowest BCUT2D eigenvalue weighted by atomic mass is 9.97. The third-order valence-corrected chi connectivity index (χ3v) is 3.54. The number of rotatable bonds is 9. The van der Waals surface area contributed by atoms with Crippen LogP contribution in [0.1, 0.15) is 32.3 Å². The maximum atomic E-state index is 12.2. The minimum absolute atomic E-state index is 0.00914. The van der Waals surface area contributed by atoms with Gasteiger partial charge in [-0.15, -0.1) is 0 Å². The van der Waals surface area contributed by atoms with Gasteiger partial charge in [-0.25, -0.2) is 0 Å². The lowest BCUT2D eigenvalue weighted by Gasteiger charge is -2.25. The molecule has 120 valence electrons. The van der Waals surface area contributed by atoms with E-state index < -0.39 is 12.2 Å². The maximum Gasteiger partial charge on any atom is 0.387 e. The molecule has 0 spiro atoms. The number of halogens is 2. The molecular formula is C15H23F2NO3. The van der Waals surface area contributed by atoms with Crippen LogP contribution in [0.15, 0.2) is 18.2 Å². The van der Waals surface area contributed by atoms with Crippen molar-refractivity contribution < 1.29 is 23.4 Å². The predicted molar refractivity (Wildman–Crippen MR) is 76.9 cm³/mol. The topological polar surface area (TPSA) is 50.7 Å². The van der Waals surface area contributed by atoms with Gasteiger partial charge in [0.05, 0.1) is 12.7 Å². The standard InChI is InChI=1S/C15H23F2NO3/c1-4-15(19,5-2)10-18-9-11-6-7-12(21-14(16)17)13(8-11)20-3/h6-8,14,18-19H,4-5,9-10H2,1-3H3. The average molecular weight is 303 g/mol. The van der Waals surface area contributed by atoms with E-state index in [9.17, 15) is 13.9 Å². The second-order valence-corrected chi connectivity index (χ2v) is 4.90. The number of hydrogen-bond acceptors (Lipinski definition) is 4. The smallest absolute Gasteiger partial charge is 0.387 e. The summed E-state index contributed by atoms with van der Waals surface area (Å²) in [5.74, 6) is 0.269. The van der Waals surface area contributed by atoms with E-state index in [1.165, 1.54) is 13.2 Å². The molecule has 0 aromatic heterocycles. The lowest BCUT2D eigenvalue weighted by molar-refractivity contribution is -0.0512. The highest BCUT2D eigenvalue weighted by molar-refractivity contribution is 5.42. The third kappa shape index (κ3) is 5.47. The molecular weight excluding hydrogens is 280 g/mol. The van der Waals surface area contributed by atoms with Crippen molar-refractivity contribution >= 4 is 0 Å². The van der Waals surface area contributed by atoms with E-state index in [2.05, 4.69) is 10.1 Å².